The third kappa shape index (κ3) is 2.42. The second-order valence-electron chi connectivity index (χ2n) is 4.42. The van der Waals surface area contributed by atoms with Crippen LogP contribution in [-0.4, -0.2) is 30.7 Å². The lowest BCUT2D eigenvalue weighted by molar-refractivity contribution is 0.341. The summed E-state index contributed by atoms with van der Waals surface area (Å²) in [6.45, 7) is 4.82. The molecule has 2 heterocycles. The van der Waals surface area contributed by atoms with Gasteiger partial charge in [0.25, 0.3) is 0 Å². The van der Waals surface area contributed by atoms with Gasteiger partial charge in [0.15, 0.2) is 5.13 Å². The van der Waals surface area contributed by atoms with Crippen LogP contribution in [0.25, 0.3) is 10.2 Å². The molecule has 3 rings (SSSR count). The smallest absolute Gasteiger partial charge is 0.184 e. The Bertz CT molecular complexity index is 534. The van der Waals surface area contributed by atoms with E-state index in [9.17, 15) is 0 Å². The van der Waals surface area contributed by atoms with E-state index < -0.39 is 0 Å². The Hall–Kier alpha value is -1.33. The van der Waals surface area contributed by atoms with Crippen molar-refractivity contribution in [2.24, 2.45) is 0 Å². The van der Waals surface area contributed by atoms with Gasteiger partial charge in [-0.3, -0.25) is 0 Å². The van der Waals surface area contributed by atoms with Gasteiger partial charge in [0.2, 0.25) is 0 Å². The summed E-state index contributed by atoms with van der Waals surface area (Å²) in [7, 11) is 0. The molecule has 2 N–H and O–H groups in total. The van der Waals surface area contributed by atoms with Crippen molar-refractivity contribution in [3.63, 3.8) is 0 Å². The standard InChI is InChI=1S/C13H17N3OS/c1-2-17-10-3-4-11-12(7-10)18-13(16-11)15-9-5-6-14-8-9/h3-4,7,9,14H,2,5-6,8H2,1H3,(H,15,16). The van der Waals surface area contributed by atoms with Crippen molar-refractivity contribution >= 4 is 26.7 Å². The number of nitrogens with one attached hydrogen (secondary N) is 2. The number of nitrogens with zero attached hydrogens (tertiary/aromatic N) is 1. The van der Waals surface area contributed by atoms with E-state index in [1.165, 1.54) is 11.1 Å². The summed E-state index contributed by atoms with van der Waals surface area (Å²) < 4.78 is 6.68. The van der Waals surface area contributed by atoms with Gasteiger partial charge in [0.1, 0.15) is 5.75 Å². The monoisotopic (exact) mass is 263 g/mol. The molecular weight excluding hydrogens is 246 g/mol. The number of anilines is 1. The summed E-state index contributed by atoms with van der Waals surface area (Å²) in [6.07, 6.45) is 1.17. The van der Waals surface area contributed by atoms with Gasteiger partial charge in [-0.15, -0.1) is 0 Å². The van der Waals surface area contributed by atoms with Gasteiger partial charge in [0.05, 0.1) is 16.8 Å². The fraction of sp³-hybridized carbons (Fsp3) is 0.462. The Morgan fingerprint density at radius 1 is 1.56 bits per heavy atom. The van der Waals surface area contributed by atoms with Gasteiger partial charge < -0.3 is 15.4 Å². The highest BCUT2D eigenvalue weighted by Crippen LogP contribution is 2.29. The topological polar surface area (TPSA) is 46.2 Å². The number of rotatable bonds is 4. The van der Waals surface area contributed by atoms with Crippen molar-refractivity contribution in [3.05, 3.63) is 18.2 Å². The molecule has 5 heteroatoms. The van der Waals surface area contributed by atoms with E-state index in [-0.39, 0.29) is 0 Å². The first kappa shape index (κ1) is 11.7. The molecule has 1 atom stereocenters. The van der Waals surface area contributed by atoms with Crippen LogP contribution in [0.2, 0.25) is 0 Å². The van der Waals surface area contributed by atoms with E-state index in [4.69, 9.17) is 4.74 Å². The average molecular weight is 263 g/mol. The van der Waals surface area contributed by atoms with Gasteiger partial charge in [-0.05, 0) is 38.1 Å². The Morgan fingerprint density at radius 3 is 3.28 bits per heavy atom. The highest BCUT2D eigenvalue weighted by Gasteiger charge is 2.15. The lowest BCUT2D eigenvalue weighted by atomic mass is 10.3. The molecule has 1 fully saturated rings. The van der Waals surface area contributed by atoms with Gasteiger partial charge in [0, 0.05) is 12.6 Å². The second kappa shape index (κ2) is 5.12. The van der Waals surface area contributed by atoms with E-state index in [2.05, 4.69) is 21.7 Å². The molecule has 0 bridgehead atoms. The molecule has 1 aromatic carbocycles. The maximum Gasteiger partial charge on any atom is 0.184 e. The SMILES string of the molecule is CCOc1ccc2nc(NC3CCNC3)sc2c1. The zero-order valence-corrected chi connectivity index (χ0v) is 11.2. The van der Waals surface area contributed by atoms with E-state index in [0.29, 0.717) is 12.6 Å². The number of ether oxygens (including phenoxy) is 1. The van der Waals surface area contributed by atoms with Gasteiger partial charge >= 0.3 is 0 Å². The summed E-state index contributed by atoms with van der Waals surface area (Å²) >= 11 is 1.69. The van der Waals surface area contributed by atoms with E-state index in [0.717, 1.165) is 29.5 Å². The Balaban J connectivity index is 1.81. The van der Waals surface area contributed by atoms with Crippen LogP contribution in [-0.2, 0) is 0 Å². The third-order valence-corrected chi connectivity index (χ3v) is 4.01. The molecule has 1 unspecified atom stereocenters. The molecule has 0 saturated carbocycles. The summed E-state index contributed by atoms with van der Waals surface area (Å²) in [5, 5.41) is 7.84. The van der Waals surface area contributed by atoms with Crippen molar-refractivity contribution in [3.8, 4) is 5.75 Å². The van der Waals surface area contributed by atoms with Gasteiger partial charge in [-0.1, -0.05) is 11.3 Å². The number of hydrogen-bond donors (Lipinski definition) is 2. The summed E-state index contributed by atoms with van der Waals surface area (Å²) in [4.78, 5) is 4.60. The molecule has 1 aliphatic rings. The molecule has 1 saturated heterocycles. The minimum Gasteiger partial charge on any atom is -0.494 e. The van der Waals surface area contributed by atoms with Crippen LogP contribution < -0.4 is 15.4 Å². The molecular formula is C13H17N3OS. The Labute approximate surface area is 110 Å². The number of hydrogen-bond acceptors (Lipinski definition) is 5. The molecule has 2 aromatic rings. The van der Waals surface area contributed by atoms with Crippen LogP contribution in [0.1, 0.15) is 13.3 Å². The first-order valence-corrected chi connectivity index (χ1v) is 7.17. The third-order valence-electron chi connectivity index (χ3n) is 3.06. The number of benzene rings is 1. The number of fused-ring (bicyclic) bond motifs is 1. The molecule has 1 aromatic heterocycles. The van der Waals surface area contributed by atoms with Crippen molar-refractivity contribution in [2.75, 3.05) is 25.0 Å². The molecule has 0 aliphatic carbocycles. The van der Waals surface area contributed by atoms with Crippen molar-refractivity contribution < 1.29 is 4.74 Å². The fourth-order valence-corrected chi connectivity index (χ4v) is 3.15. The first-order chi connectivity index (χ1) is 8.85. The highest BCUT2D eigenvalue weighted by molar-refractivity contribution is 7.22. The molecule has 0 amide bonds. The fourth-order valence-electron chi connectivity index (χ4n) is 2.18. The van der Waals surface area contributed by atoms with Crippen molar-refractivity contribution in [1.29, 1.82) is 0 Å². The predicted molar refractivity (Wildman–Crippen MR) is 75.7 cm³/mol. The molecule has 0 spiro atoms. The molecule has 96 valence electrons. The second-order valence-corrected chi connectivity index (χ2v) is 5.45. The largest absolute Gasteiger partial charge is 0.494 e. The summed E-state index contributed by atoms with van der Waals surface area (Å²) in [6, 6.07) is 6.58. The number of aromatic nitrogens is 1. The van der Waals surface area contributed by atoms with Crippen LogP contribution in [0.5, 0.6) is 5.75 Å². The van der Waals surface area contributed by atoms with Crippen molar-refractivity contribution in [2.45, 2.75) is 19.4 Å². The van der Waals surface area contributed by atoms with Crippen LogP contribution in [0.4, 0.5) is 5.13 Å². The summed E-state index contributed by atoms with van der Waals surface area (Å²) in [5.74, 6) is 0.919. The molecule has 0 radical (unpaired) electrons. The maximum absolute atomic E-state index is 5.51. The van der Waals surface area contributed by atoms with Gasteiger partial charge in [-0.25, -0.2) is 4.98 Å². The zero-order chi connectivity index (χ0) is 12.4. The Kier molecular flexibility index (Phi) is 3.34. The van der Waals surface area contributed by atoms with E-state index >= 15 is 0 Å². The Morgan fingerprint density at radius 2 is 2.50 bits per heavy atom. The maximum atomic E-state index is 5.51. The lowest BCUT2D eigenvalue weighted by Gasteiger charge is -2.08. The first-order valence-electron chi connectivity index (χ1n) is 6.36. The zero-order valence-electron chi connectivity index (χ0n) is 10.4. The minimum absolute atomic E-state index is 0.511. The van der Waals surface area contributed by atoms with E-state index in [1.807, 2.05) is 19.1 Å². The average Bonchev–Trinajstić information content (AvgIpc) is 2.98. The van der Waals surface area contributed by atoms with Crippen molar-refractivity contribution in [1.82, 2.24) is 10.3 Å². The summed E-state index contributed by atoms with van der Waals surface area (Å²) in [5.41, 5.74) is 1.04. The minimum atomic E-state index is 0.511. The lowest BCUT2D eigenvalue weighted by Crippen LogP contribution is -2.21. The van der Waals surface area contributed by atoms with Gasteiger partial charge in [-0.2, -0.15) is 0 Å². The van der Waals surface area contributed by atoms with Crippen LogP contribution in [0.15, 0.2) is 18.2 Å². The number of thiazole rings is 1. The van der Waals surface area contributed by atoms with Crippen LogP contribution >= 0.6 is 11.3 Å². The molecule has 18 heavy (non-hydrogen) atoms. The van der Waals surface area contributed by atoms with Crippen LogP contribution in [0, 0.1) is 0 Å². The predicted octanol–water partition coefficient (Wildman–Crippen LogP) is 2.47. The normalized spacial score (nSPS) is 19.3. The highest BCUT2D eigenvalue weighted by atomic mass is 32.1. The molecule has 4 nitrogen and oxygen atoms in total. The van der Waals surface area contributed by atoms with E-state index in [1.54, 1.807) is 11.3 Å². The molecule has 1 aliphatic heterocycles. The quantitative estimate of drug-likeness (QED) is 0.889. The van der Waals surface area contributed by atoms with Crippen LogP contribution in [0.3, 0.4) is 0 Å².